The minimum atomic E-state index is 0.139. The van der Waals surface area contributed by atoms with Crippen molar-refractivity contribution in [3.05, 3.63) is 82.6 Å². The Kier molecular flexibility index (Phi) is 3.33. The molecule has 0 amide bonds. The van der Waals surface area contributed by atoms with Crippen LogP contribution in [0.2, 0.25) is 0 Å². The van der Waals surface area contributed by atoms with E-state index in [1.165, 1.54) is 0 Å². The summed E-state index contributed by atoms with van der Waals surface area (Å²) in [4.78, 5) is 16.0. The van der Waals surface area contributed by atoms with Crippen molar-refractivity contribution < 1.29 is 4.42 Å². The molecule has 3 aromatic rings. The van der Waals surface area contributed by atoms with E-state index < -0.39 is 0 Å². The number of pyridine rings is 1. The summed E-state index contributed by atoms with van der Waals surface area (Å²) in [7, 11) is 0. The molecule has 24 heavy (non-hydrogen) atoms. The van der Waals surface area contributed by atoms with Gasteiger partial charge < -0.3 is 4.42 Å². The molecular formula is C19H12N4O. The highest BCUT2D eigenvalue weighted by atomic mass is 16.4. The van der Waals surface area contributed by atoms with Crippen LogP contribution in [0.5, 0.6) is 0 Å². The molecule has 2 aromatic heterocycles. The Balaban J connectivity index is 1.63. The molecule has 1 aromatic carbocycles. The molecule has 5 heteroatoms. The van der Waals surface area contributed by atoms with Crippen molar-refractivity contribution >= 4 is 11.4 Å². The van der Waals surface area contributed by atoms with E-state index in [2.05, 4.69) is 19.7 Å². The second-order valence-electron chi connectivity index (χ2n) is 5.68. The van der Waals surface area contributed by atoms with E-state index in [0.717, 1.165) is 29.1 Å². The lowest BCUT2D eigenvalue weighted by molar-refractivity contribution is 0.510. The highest BCUT2D eigenvalue weighted by Gasteiger charge is 2.30. The van der Waals surface area contributed by atoms with Crippen LogP contribution in [0.15, 0.2) is 47.0 Å². The molecule has 0 N–H and O–H groups in total. The highest BCUT2D eigenvalue weighted by molar-refractivity contribution is 5.62. The fraction of sp³-hybridized carbons (Fsp3) is 0.158. The lowest BCUT2D eigenvalue weighted by Crippen LogP contribution is -2.01. The molecule has 0 radical (unpaired) electrons. The number of fused-ring (bicyclic) bond motifs is 1. The van der Waals surface area contributed by atoms with E-state index >= 15 is 0 Å². The van der Waals surface area contributed by atoms with Crippen LogP contribution < -0.4 is 0 Å². The van der Waals surface area contributed by atoms with E-state index in [4.69, 9.17) is 17.6 Å². The van der Waals surface area contributed by atoms with E-state index in [-0.39, 0.29) is 5.92 Å². The lowest BCUT2D eigenvalue weighted by atomic mass is 10.0. The Morgan fingerprint density at radius 1 is 1.08 bits per heavy atom. The maximum Gasteiger partial charge on any atom is 0.225 e. The van der Waals surface area contributed by atoms with Crippen LogP contribution in [0.25, 0.3) is 21.1 Å². The summed E-state index contributed by atoms with van der Waals surface area (Å²) in [6, 6.07) is 10.8. The Hall–Kier alpha value is -3.44. The Morgan fingerprint density at radius 3 is 2.79 bits per heavy atom. The maximum absolute atomic E-state index is 7.28. The second-order valence-corrected chi connectivity index (χ2v) is 5.68. The molecule has 0 bridgehead atoms. The Morgan fingerprint density at radius 2 is 2.00 bits per heavy atom. The van der Waals surface area contributed by atoms with E-state index in [1.807, 2.05) is 12.1 Å². The number of aromatic nitrogens is 2. The summed E-state index contributed by atoms with van der Waals surface area (Å²) in [5.41, 5.74) is 3.72. The van der Waals surface area contributed by atoms with Gasteiger partial charge in [0.1, 0.15) is 5.76 Å². The summed E-state index contributed by atoms with van der Waals surface area (Å²) in [5.74, 6) is 1.54. The van der Waals surface area contributed by atoms with Gasteiger partial charge in [-0.05, 0) is 6.07 Å². The van der Waals surface area contributed by atoms with Gasteiger partial charge >= 0.3 is 0 Å². The molecular weight excluding hydrogens is 300 g/mol. The fourth-order valence-electron chi connectivity index (χ4n) is 3.08. The first-order chi connectivity index (χ1) is 11.8. The van der Waals surface area contributed by atoms with Gasteiger partial charge in [0.2, 0.25) is 11.6 Å². The third-order valence-corrected chi connectivity index (χ3v) is 4.20. The van der Waals surface area contributed by atoms with Crippen molar-refractivity contribution in [2.24, 2.45) is 0 Å². The summed E-state index contributed by atoms with van der Waals surface area (Å²) in [5, 5.41) is 0. The van der Waals surface area contributed by atoms with Crippen molar-refractivity contribution in [2.45, 2.75) is 18.8 Å². The van der Waals surface area contributed by atoms with Crippen LogP contribution in [-0.2, 0) is 12.8 Å². The minimum absolute atomic E-state index is 0.139. The number of hydrogen-bond acceptors (Lipinski definition) is 3. The number of oxazole rings is 1. The predicted octanol–water partition coefficient (Wildman–Crippen LogP) is 4.72. The first-order valence-electron chi connectivity index (χ1n) is 7.57. The molecule has 1 unspecified atom stereocenters. The van der Waals surface area contributed by atoms with Gasteiger partial charge in [-0.1, -0.05) is 30.3 Å². The van der Waals surface area contributed by atoms with E-state index in [9.17, 15) is 0 Å². The Bertz CT molecular complexity index is 983. The van der Waals surface area contributed by atoms with Crippen LogP contribution in [-0.4, -0.2) is 9.97 Å². The van der Waals surface area contributed by atoms with Gasteiger partial charge in [-0.2, -0.15) is 0 Å². The number of hydrogen-bond donors (Lipinski definition) is 0. The summed E-state index contributed by atoms with van der Waals surface area (Å²) in [6.07, 6.45) is 3.14. The molecule has 0 aliphatic heterocycles. The average Bonchev–Trinajstić information content (AvgIpc) is 3.20. The molecule has 0 fully saturated rings. The van der Waals surface area contributed by atoms with Crippen molar-refractivity contribution in [3.8, 4) is 11.5 Å². The molecule has 5 nitrogen and oxygen atoms in total. The van der Waals surface area contributed by atoms with E-state index in [0.29, 0.717) is 23.7 Å². The molecule has 1 aliphatic carbocycles. The van der Waals surface area contributed by atoms with Gasteiger partial charge in [0.15, 0.2) is 5.69 Å². The third kappa shape index (κ3) is 2.33. The van der Waals surface area contributed by atoms with Crippen LogP contribution >= 0.6 is 0 Å². The van der Waals surface area contributed by atoms with Crippen LogP contribution in [0, 0.1) is 13.1 Å². The van der Waals surface area contributed by atoms with E-state index in [1.54, 1.807) is 30.5 Å². The van der Waals surface area contributed by atoms with Crippen molar-refractivity contribution in [2.75, 3.05) is 0 Å². The van der Waals surface area contributed by atoms with Crippen molar-refractivity contribution in [1.82, 2.24) is 9.97 Å². The predicted molar refractivity (Wildman–Crippen MR) is 88.8 cm³/mol. The average molecular weight is 312 g/mol. The van der Waals surface area contributed by atoms with Crippen LogP contribution in [0.3, 0.4) is 0 Å². The zero-order valence-electron chi connectivity index (χ0n) is 12.7. The SMILES string of the molecule is [C-]#[N+]c1cccc(-c2nc3c(o2)CC(c2ncccc2[N+]#[C-])C3)c1. The van der Waals surface area contributed by atoms with Gasteiger partial charge in [-0.25, -0.2) is 14.7 Å². The topological polar surface area (TPSA) is 47.6 Å². The molecule has 2 heterocycles. The maximum atomic E-state index is 7.28. The highest BCUT2D eigenvalue weighted by Crippen LogP contribution is 2.38. The monoisotopic (exact) mass is 312 g/mol. The summed E-state index contributed by atoms with van der Waals surface area (Å²) in [6.45, 7) is 14.4. The number of nitrogens with zero attached hydrogens (tertiary/aromatic N) is 4. The van der Waals surface area contributed by atoms with Crippen LogP contribution in [0.1, 0.15) is 23.1 Å². The molecule has 4 rings (SSSR count). The smallest absolute Gasteiger partial charge is 0.225 e. The quantitative estimate of drug-likeness (QED) is 0.643. The molecule has 0 spiro atoms. The van der Waals surface area contributed by atoms with Gasteiger partial charge in [0, 0.05) is 30.5 Å². The molecule has 1 atom stereocenters. The first kappa shape index (κ1) is 14.2. The normalized spacial score (nSPS) is 15.5. The fourth-order valence-corrected chi connectivity index (χ4v) is 3.08. The molecule has 114 valence electrons. The zero-order valence-corrected chi connectivity index (χ0v) is 12.7. The first-order valence-corrected chi connectivity index (χ1v) is 7.57. The van der Waals surface area contributed by atoms with Gasteiger partial charge in [0.25, 0.3) is 0 Å². The van der Waals surface area contributed by atoms with Gasteiger partial charge in [-0.15, -0.1) is 0 Å². The zero-order chi connectivity index (χ0) is 16.5. The molecule has 1 aliphatic rings. The van der Waals surface area contributed by atoms with Gasteiger partial charge in [-0.3, -0.25) is 4.98 Å². The molecule has 0 saturated carbocycles. The Labute approximate surface area is 139 Å². The van der Waals surface area contributed by atoms with Gasteiger partial charge in [0.05, 0.1) is 24.5 Å². The largest absolute Gasteiger partial charge is 0.441 e. The van der Waals surface area contributed by atoms with Crippen LogP contribution in [0.4, 0.5) is 11.4 Å². The number of benzene rings is 1. The minimum Gasteiger partial charge on any atom is -0.441 e. The van der Waals surface area contributed by atoms with Crippen molar-refractivity contribution in [1.29, 1.82) is 0 Å². The van der Waals surface area contributed by atoms with Crippen molar-refractivity contribution in [3.63, 3.8) is 0 Å². The molecule has 0 saturated heterocycles. The summed E-state index contributed by atoms with van der Waals surface area (Å²) >= 11 is 0. The summed E-state index contributed by atoms with van der Waals surface area (Å²) < 4.78 is 5.92. The third-order valence-electron chi connectivity index (χ3n) is 4.20. The lowest BCUT2D eigenvalue weighted by Gasteiger charge is -2.09. The number of rotatable bonds is 2. The second kappa shape index (κ2) is 5.64. The standard InChI is InChI=1S/C19H12N4O/c1-20-14-6-3-5-12(9-14)19-23-16-10-13(11-17(16)24-19)18-15(21-2)7-4-8-22-18/h3-9,13H,10-11H2.